The molecule has 0 heterocycles. The second-order valence-electron chi connectivity index (χ2n) is 4.59. The molecular formula is C14H17FO3. The van der Waals surface area contributed by atoms with Crippen LogP contribution in [0.25, 0.3) is 0 Å². The van der Waals surface area contributed by atoms with Gasteiger partial charge < -0.3 is 9.47 Å². The Bertz CT molecular complexity index is 447. The molecule has 1 saturated carbocycles. The van der Waals surface area contributed by atoms with E-state index >= 15 is 0 Å². The second kappa shape index (κ2) is 5.06. The zero-order valence-corrected chi connectivity index (χ0v) is 10.7. The van der Waals surface area contributed by atoms with Gasteiger partial charge in [-0.25, -0.2) is 4.39 Å². The van der Waals surface area contributed by atoms with Gasteiger partial charge >= 0.3 is 0 Å². The minimum absolute atomic E-state index is 0.0524. The third kappa shape index (κ3) is 2.12. The molecule has 0 radical (unpaired) electrons. The second-order valence-corrected chi connectivity index (χ2v) is 4.59. The molecule has 2 rings (SSSR count). The average molecular weight is 252 g/mol. The lowest BCUT2D eigenvalue weighted by Crippen LogP contribution is -2.47. The summed E-state index contributed by atoms with van der Waals surface area (Å²) < 4.78 is 24.1. The average Bonchev–Trinajstić information content (AvgIpc) is 2.31. The number of ether oxygens (including phenoxy) is 2. The molecule has 0 atom stereocenters. The first-order valence-corrected chi connectivity index (χ1v) is 6.03. The number of halogens is 1. The van der Waals surface area contributed by atoms with Crippen molar-refractivity contribution in [2.75, 3.05) is 14.2 Å². The Balaban J connectivity index is 2.17. The van der Waals surface area contributed by atoms with Crippen molar-refractivity contribution in [2.45, 2.75) is 31.3 Å². The Morgan fingerprint density at radius 3 is 2.61 bits per heavy atom. The third-order valence-corrected chi connectivity index (χ3v) is 3.67. The first kappa shape index (κ1) is 13.0. The van der Waals surface area contributed by atoms with Gasteiger partial charge in [-0.3, -0.25) is 4.79 Å². The summed E-state index contributed by atoms with van der Waals surface area (Å²) in [4.78, 5) is 12.2. The molecule has 4 heteroatoms. The van der Waals surface area contributed by atoms with Crippen molar-refractivity contribution < 1.29 is 18.7 Å². The number of hydrogen-bond donors (Lipinski definition) is 0. The SMILES string of the molecule is COc1cccc(CC(=O)C2(OC)CCC2)c1F. The van der Waals surface area contributed by atoms with E-state index in [0.29, 0.717) is 5.56 Å². The van der Waals surface area contributed by atoms with Gasteiger partial charge in [0.1, 0.15) is 5.60 Å². The van der Waals surface area contributed by atoms with Crippen LogP contribution in [0.5, 0.6) is 5.75 Å². The first-order chi connectivity index (χ1) is 8.63. The van der Waals surface area contributed by atoms with Gasteiger partial charge in [0.2, 0.25) is 0 Å². The van der Waals surface area contributed by atoms with E-state index in [1.807, 2.05) is 0 Å². The summed E-state index contributed by atoms with van der Waals surface area (Å²) in [6.45, 7) is 0. The highest BCUT2D eigenvalue weighted by Gasteiger charge is 2.43. The fraction of sp³-hybridized carbons (Fsp3) is 0.500. The number of methoxy groups -OCH3 is 2. The highest BCUT2D eigenvalue weighted by Crippen LogP contribution is 2.37. The molecule has 98 valence electrons. The molecule has 1 fully saturated rings. The Morgan fingerprint density at radius 1 is 1.39 bits per heavy atom. The molecule has 0 unspecified atom stereocenters. The van der Waals surface area contributed by atoms with Gasteiger partial charge in [-0.2, -0.15) is 0 Å². The minimum Gasteiger partial charge on any atom is -0.494 e. The lowest BCUT2D eigenvalue weighted by Gasteiger charge is -2.38. The highest BCUT2D eigenvalue weighted by atomic mass is 19.1. The molecule has 1 aromatic rings. The summed E-state index contributed by atoms with van der Waals surface area (Å²) in [5.41, 5.74) is -0.321. The van der Waals surface area contributed by atoms with E-state index in [1.165, 1.54) is 7.11 Å². The molecule has 0 saturated heterocycles. The van der Waals surface area contributed by atoms with E-state index in [9.17, 15) is 9.18 Å². The summed E-state index contributed by atoms with van der Waals surface area (Å²) >= 11 is 0. The van der Waals surface area contributed by atoms with E-state index in [1.54, 1.807) is 25.3 Å². The van der Waals surface area contributed by atoms with Crippen LogP contribution in [0.3, 0.4) is 0 Å². The van der Waals surface area contributed by atoms with Crippen molar-refractivity contribution in [3.63, 3.8) is 0 Å². The molecule has 3 nitrogen and oxygen atoms in total. The van der Waals surface area contributed by atoms with Crippen molar-refractivity contribution in [1.29, 1.82) is 0 Å². The molecule has 0 N–H and O–H groups in total. The lowest BCUT2D eigenvalue weighted by molar-refractivity contribution is -0.151. The standard InChI is InChI=1S/C14H17FO3/c1-17-11-6-3-5-10(13(11)15)9-12(16)14(18-2)7-4-8-14/h3,5-6H,4,7-9H2,1-2H3. The van der Waals surface area contributed by atoms with Crippen LogP contribution >= 0.6 is 0 Å². The number of carbonyl (C=O) groups excluding carboxylic acids is 1. The van der Waals surface area contributed by atoms with Crippen LogP contribution < -0.4 is 4.74 Å². The van der Waals surface area contributed by atoms with Gasteiger partial charge in [-0.05, 0) is 30.9 Å². The van der Waals surface area contributed by atoms with Crippen LogP contribution in [0.1, 0.15) is 24.8 Å². The number of ketones is 1. The Morgan fingerprint density at radius 2 is 2.11 bits per heavy atom. The zero-order valence-electron chi connectivity index (χ0n) is 10.7. The van der Waals surface area contributed by atoms with Crippen molar-refractivity contribution in [2.24, 2.45) is 0 Å². The lowest BCUT2D eigenvalue weighted by atomic mass is 9.75. The molecule has 1 aromatic carbocycles. The largest absolute Gasteiger partial charge is 0.494 e. The third-order valence-electron chi connectivity index (χ3n) is 3.67. The molecule has 18 heavy (non-hydrogen) atoms. The Kier molecular flexibility index (Phi) is 3.66. The van der Waals surface area contributed by atoms with Crippen LogP contribution in [0.4, 0.5) is 4.39 Å². The molecule has 0 aliphatic heterocycles. The number of carbonyl (C=O) groups is 1. The predicted molar refractivity (Wildman–Crippen MR) is 65.3 cm³/mol. The van der Waals surface area contributed by atoms with Gasteiger partial charge in [0, 0.05) is 13.5 Å². The van der Waals surface area contributed by atoms with Gasteiger partial charge in [-0.15, -0.1) is 0 Å². The number of Topliss-reactive ketones (excluding diaryl/α,β-unsaturated/α-hetero) is 1. The van der Waals surface area contributed by atoms with Gasteiger partial charge in [0.15, 0.2) is 17.3 Å². The minimum atomic E-state index is -0.685. The van der Waals surface area contributed by atoms with Gasteiger partial charge in [-0.1, -0.05) is 12.1 Å². The van der Waals surface area contributed by atoms with Crippen molar-refractivity contribution >= 4 is 5.78 Å². The van der Waals surface area contributed by atoms with Crippen molar-refractivity contribution in [1.82, 2.24) is 0 Å². The monoisotopic (exact) mass is 252 g/mol. The smallest absolute Gasteiger partial charge is 0.169 e. The summed E-state index contributed by atoms with van der Waals surface area (Å²) in [7, 11) is 2.95. The maximum Gasteiger partial charge on any atom is 0.169 e. The molecule has 0 amide bonds. The molecule has 0 aromatic heterocycles. The molecular weight excluding hydrogens is 235 g/mol. The van der Waals surface area contributed by atoms with Crippen LogP contribution in [0, 0.1) is 5.82 Å². The summed E-state index contributed by atoms with van der Waals surface area (Å²) in [6, 6.07) is 4.83. The Hall–Kier alpha value is -1.42. The quantitative estimate of drug-likeness (QED) is 0.807. The van der Waals surface area contributed by atoms with Gasteiger partial charge in [0.25, 0.3) is 0 Å². The number of benzene rings is 1. The first-order valence-electron chi connectivity index (χ1n) is 6.03. The van der Waals surface area contributed by atoms with Crippen LogP contribution in [-0.2, 0) is 16.0 Å². The van der Waals surface area contributed by atoms with Crippen LogP contribution in [-0.4, -0.2) is 25.6 Å². The highest BCUT2D eigenvalue weighted by molar-refractivity contribution is 5.90. The fourth-order valence-electron chi connectivity index (χ4n) is 2.28. The van der Waals surface area contributed by atoms with E-state index in [-0.39, 0.29) is 18.0 Å². The van der Waals surface area contributed by atoms with E-state index in [2.05, 4.69) is 0 Å². The maximum atomic E-state index is 13.9. The molecule has 0 bridgehead atoms. The van der Waals surface area contributed by atoms with Crippen molar-refractivity contribution in [3.8, 4) is 5.75 Å². The summed E-state index contributed by atoms with van der Waals surface area (Å²) in [5.74, 6) is -0.345. The predicted octanol–water partition coefficient (Wildman–Crippen LogP) is 2.52. The molecule has 0 spiro atoms. The summed E-state index contributed by atoms with van der Waals surface area (Å²) in [6.07, 6.45) is 2.50. The Labute approximate surface area is 106 Å². The van der Waals surface area contributed by atoms with Crippen LogP contribution in [0.15, 0.2) is 18.2 Å². The fourth-order valence-corrected chi connectivity index (χ4v) is 2.28. The normalized spacial score (nSPS) is 17.1. The summed E-state index contributed by atoms with van der Waals surface area (Å²) in [5, 5.41) is 0. The van der Waals surface area contributed by atoms with Gasteiger partial charge in [0.05, 0.1) is 7.11 Å². The topological polar surface area (TPSA) is 35.5 Å². The van der Waals surface area contributed by atoms with E-state index in [0.717, 1.165) is 19.3 Å². The van der Waals surface area contributed by atoms with E-state index in [4.69, 9.17) is 9.47 Å². The zero-order chi connectivity index (χ0) is 13.2. The number of rotatable bonds is 5. The molecule has 1 aliphatic rings. The molecule has 1 aliphatic carbocycles. The van der Waals surface area contributed by atoms with E-state index < -0.39 is 11.4 Å². The maximum absolute atomic E-state index is 13.9. The number of hydrogen-bond acceptors (Lipinski definition) is 3. The van der Waals surface area contributed by atoms with Crippen molar-refractivity contribution in [3.05, 3.63) is 29.6 Å². The van der Waals surface area contributed by atoms with Crippen LogP contribution in [0.2, 0.25) is 0 Å².